The maximum absolute atomic E-state index is 10.3. The Hall–Kier alpha value is -1.33. The lowest BCUT2D eigenvalue weighted by molar-refractivity contribution is 0.168. The zero-order valence-corrected chi connectivity index (χ0v) is 11.7. The first-order valence-corrected chi connectivity index (χ1v) is 6.14. The van der Waals surface area contributed by atoms with E-state index in [4.69, 9.17) is 11.6 Å². The lowest BCUT2D eigenvalue weighted by Gasteiger charge is -2.10. The minimum Gasteiger partial charge on any atom is -0.386 e. The van der Waals surface area contributed by atoms with Gasteiger partial charge in [0, 0.05) is 26.1 Å². The van der Waals surface area contributed by atoms with E-state index < -0.39 is 6.10 Å². The van der Waals surface area contributed by atoms with Gasteiger partial charge in [-0.25, -0.2) is 0 Å². The molecule has 0 spiro atoms. The van der Waals surface area contributed by atoms with Crippen molar-refractivity contribution in [2.75, 3.05) is 0 Å². The summed E-state index contributed by atoms with van der Waals surface area (Å²) in [4.78, 5) is 0. The highest BCUT2D eigenvalue weighted by atomic mass is 35.5. The highest BCUT2D eigenvalue weighted by Crippen LogP contribution is 2.25. The van der Waals surface area contributed by atoms with E-state index in [0.717, 1.165) is 22.6 Å². The molecule has 2 rings (SSSR count). The van der Waals surface area contributed by atoms with Crippen LogP contribution in [0, 0.1) is 13.8 Å². The molecular formula is C12H17ClN4O. The molecule has 98 valence electrons. The summed E-state index contributed by atoms with van der Waals surface area (Å²) < 4.78 is 3.31. The van der Waals surface area contributed by atoms with Gasteiger partial charge < -0.3 is 5.11 Å². The molecule has 2 aromatic heterocycles. The molecule has 0 aliphatic rings. The summed E-state index contributed by atoms with van der Waals surface area (Å²) in [7, 11) is 3.61. The first-order chi connectivity index (χ1) is 8.40. The van der Waals surface area contributed by atoms with Crippen molar-refractivity contribution < 1.29 is 5.11 Å². The number of nitrogens with zero attached hydrogens (tertiary/aromatic N) is 4. The number of rotatable bonds is 3. The smallest absolute Gasteiger partial charge is 0.130 e. The lowest BCUT2D eigenvalue weighted by Crippen LogP contribution is -2.08. The molecule has 0 saturated carbocycles. The Morgan fingerprint density at radius 3 is 2.39 bits per heavy atom. The van der Waals surface area contributed by atoms with Gasteiger partial charge in [0.05, 0.1) is 23.2 Å². The Morgan fingerprint density at radius 1 is 1.28 bits per heavy atom. The van der Waals surface area contributed by atoms with Crippen LogP contribution >= 0.6 is 11.6 Å². The summed E-state index contributed by atoms with van der Waals surface area (Å²) in [6, 6.07) is 1.88. The van der Waals surface area contributed by atoms with Gasteiger partial charge >= 0.3 is 0 Å². The summed E-state index contributed by atoms with van der Waals surface area (Å²) in [5, 5.41) is 19.3. The molecule has 1 atom stereocenters. The summed E-state index contributed by atoms with van der Waals surface area (Å²) in [5.74, 6) is 0. The van der Waals surface area contributed by atoms with Gasteiger partial charge in [-0.3, -0.25) is 9.36 Å². The van der Waals surface area contributed by atoms with Crippen molar-refractivity contribution in [1.82, 2.24) is 19.6 Å². The van der Waals surface area contributed by atoms with Gasteiger partial charge in [0.1, 0.15) is 5.15 Å². The number of hydrogen-bond donors (Lipinski definition) is 1. The Morgan fingerprint density at radius 2 is 1.94 bits per heavy atom. The van der Waals surface area contributed by atoms with E-state index in [0.29, 0.717) is 11.6 Å². The van der Waals surface area contributed by atoms with E-state index in [9.17, 15) is 5.11 Å². The van der Waals surface area contributed by atoms with E-state index >= 15 is 0 Å². The van der Waals surface area contributed by atoms with Crippen LogP contribution in [0.1, 0.15) is 28.7 Å². The second-order valence-corrected chi connectivity index (χ2v) is 4.89. The number of aliphatic hydroxyl groups excluding tert-OH is 1. The van der Waals surface area contributed by atoms with Gasteiger partial charge in [-0.15, -0.1) is 0 Å². The number of halogens is 1. The molecule has 0 aliphatic heterocycles. The van der Waals surface area contributed by atoms with Crippen LogP contribution in [0.15, 0.2) is 6.07 Å². The van der Waals surface area contributed by atoms with Gasteiger partial charge in [-0.2, -0.15) is 10.2 Å². The molecule has 0 aromatic carbocycles. The summed E-state index contributed by atoms with van der Waals surface area (Å²) in [5.41, 5.74) is 3.40. The molecule has 1 unspecified atom stereocenters. The second kappa shape index (κ2) is 4.74. The zero-order valence-electron chi connectivity index (χ0n) is 11.0. The maximum Gasteiger partial charge on any atom is 0.130 e. The van der Waals surface area contributed by atoms with Crippen LogP contribution in [-0.2, 0) is 20.5 Å². The topological polar surface area (TPSA) is 55.9 Å². The van der Waals surface area contributed by atoms with Crippen molar-refractivity contribution in [3.05, 3.63) is 33.9 Å². The molecule has 0 fully saturated rings. The number of aliphatic hydroxyl groups is 1. The van der Waals surface area contributed by atoms with Crippen LogP contribution in [0.25, 0.3) is 0 Å². The molecule has 0 radical (unpaired) electrons. The van der Waals surface area contributed by atoms with Crippen LogP contribution in [0.2, 0.25) is 5.15 Å². The molecule has 0 saturated heterocycles. The SMILES string of the molecule is Cc1cc(C(O)Cc2c(C)nn(C)c2Cl)n(C)n1. The normalized spacial score (nSPS) is 13.0. The van der Waals surface area contributed by atoms with Crippen LogP contribution in [-0.4, -0.2) is 24.7 Å². The third-order valence-electron chi connectivity index (χ3n) is 3.05. The largest absolute Gasteiger partial charge is 0.386 e. The van der Waals surface area contributed by atoms with Crippen LogP contribution in [0.3, 0.4) is 0 Å². The summed E-state index contributed by atoms with van der Waals surface area (Å²) in [6.45, 7) is 3.79. The summed E-state index contributed by atoms with van der Waals surface area (Å²) in [6.07, 6.45) is -0.186. The van der Waals surface area contributed by atoms with Gasteiger partial charge in [0.25, 0.3) is 0 Å². The molecule has 0 aliphatic carbocycles. The zero-order chi connectivity index (χ0) is 13.4. The van der Waals surface area contributed by atoms with E-state index in [1.807, 2.05) is 27.0 Å². The van der Waals surface area contributed by atoms with Crippen LogP contribution in [0.4, 0.5) is 0 Å². The van der Waals surface area contributed by atoms with Crippen molar-refractivity contribution >= 4 is 11.6 Å². The molecule has 0 amide bonds. The molecule has 1 N–H and O–H groups in total. The number of hydrogen-bond acceptors (Lipinski definition) is 3. The van der Waals surface area contributed by atoms with Crippen molar-refractivity contribution in [3.63, 3.8) is 0 Å². The van der Waals surface area contributed by atoms with Crippen molar-refractivity contribution in [2.24, 2.45) is 14.1 Å². The average molecular weight is 269 g/mol. The highest BCUT2D eigenvalue weighted by Gasteiger charge is 2.19. The molecule has 2 aromatic rings. The minimum atomic E-state index is -0.628. The first-order valence-electron chi connectivity index (χ1n) is 5.76. The number of aromatic nitrogens is 4. The quantitative estimate of drug-likeness (QED) is 0.922. The van der Waals surface area contributed by atoms with Crippen LogP contribution in [0.5, 0.6) is 0 Å². The van der Waals surface area contributed by atoms with Gasteiger partial charge in [-0.05, 0) is 19.9 Å². The lowest BCUT2D eigenvalue weighted by atomic mass is 10.1. The van der Waals surface area contributed by atoms with Crippen molar-refractivity contribution in [1.29, 1.82) is 0 Å². The Bertz CT molecular complexity index is 573. The molecule has 0 bridgehead atoms. The summed E-state index contributed by atoms with van der Waals surface area (Å²) >= 11 is 6.16. The van der Waals surface area contributed by atoms with E-state index in [2.05, 4.69) is 10.2 Å². The Labute approximate surface area is 111 Å². The standard InChI is InChI=1S/C12H17ClN4O/c1-7-5-10(16(3)14-7)11(18)6-9-8(2)15-17(4)12(9)13/h5,11,18H,6H2,1-4H3. The Balaban J connectivity index is 2.26. The van der Waals surface area contributed by atoms with Gasteiger partial charge in [0.2, 0.25) is 0 Å². The van der Waals surface area contributed by atoms with Gasteiger partial charge in [0.15, 0.2) is 0 Å². The fourth-order valence-electron chi connectivity index (χ4n) is 2.15. The van der Waals surface area contributed by atoms with E-state index in [1.165, 1.54) is 0 Å². The van der Waals surface area contributed by atoms with Gasteiger partial charge in [-0.1, -0.05) is 11.6 Å². The monoisotopic (exact) mass is 268 g/mol. The minimum absolute atomic E-state index is 0.442. The van der Waals surface area contributed by atoms with E-state index in [-0.39, 0.29) is 0 Å². The molecule has 18 heavy (non-hydrogen) atoms. The third kappa shape index (κ3) is 2.28. The third-order valence-corrected chi connectivity index (χ3v) is 3.52. The highest BCUT2D eigenvalue weighted by molar-refractivity contribution is 6.30. The second-order valence-electron chi connectivity index (χ2n) is 4.53. The van der Waals surface area contributed by atoms with Crippen molar-refractivity contribution in [2.45, 2.75) is 26.4 Å². The average Bonchev–Trinajstić information content (AvgIpc) is 2.73. The molecular weight excluding hydrogens is 252 g/mol. The Kier molecular flexibility index (Phi) is 3.45. The fourth-order valence-corrected chi connectivity index (χ4v) is 2.40. The predicted molar refractivity (Wildman–Crippen MR) is 69.6 cm³/mol. The van der Waals surface area contributed by atoms with Crippen LogP contribution < -0.4 is 0 Å². The molecule has 5 nitrogen and oxygen atoms in total. The predicted octanol–water partition coefficient (Wildman–Crippen LogP) is 1.70. The first kappa shape index (κ1) is 13.1. The fraction of sp³-hybridized carbons (Fsp3) is 0.500. The number of aryl methyl sites for hydroxylation is 4. The molecule has 6 heteroatoms. The maximum atomic E-state index is 10.3. The van der Waals surface area contributed by atoms with Crippen molar-refractivity contribution in [3.8, 4) is 0 Å². The van der Waals surface area contributed by atoms with E-state index in [1.54, 1.807) is 16.4 Å². The molecule has 2 heterocycles.